The summed E-state index contributed by atoms with van der Waals surface area (Å²) in [5.74, 6) is 0.428. The van der Waals surface area contributed by atoms with Gasteiger partial charge in [0.1, 0.15) is 0 Å². The number of carbonyl (C=O) groups excluding carboxylic acids is 2. The number of hydrogen-bond donors (Lipinski definition) is 1. The highest BCUT2D eigenvalue weighted by atomic mass is 79.9. The van der Waals surface area contributed by atoms with Crippen molar-refractivity contribution in [2.75, 3.05) is 24.0 Å². The summed E-state index contributed by atoms with van der Waals surface area (Å²) in [6.45, 7) is 2.62. The van der Waals surface area contributed by atoms with Gasteiger partial charge < -0.3 is 19.7 Å². The van der Waals surface area contributed by atoms with Crippen molar-refractivity contribution in [3.05, 3.63) is 45.9 Å². The van der Waals surface area contributed by atoms with Gasteiger partial charge in [-0.2, -0.15) is 0 Å². The fourth-order valence-electron chi connectivity index (χ4n) is 3.82. The van der Waals surface area contributed by atoms with Gasteiger partial charge in [-0.25, -0.2) is 8.42 Å². The monoisotopic (exact) mass is 522 g/mol. The lowest BCUT2D eigenvalue weighted by atomic mass is 10.2. The molecule has 0 aromatic heterocycles. The van der Waals surface area contributed by atoms with E-state index in [1.54, 1.807) is 19.1 Å². The Balaban J connectivity index is 1.43. The highest BCUT2D eigenvalue weighted by Gasteiger charge is 2.32. The fourth-order valence-corrected chi connectivity index (χ4v) is 6.00. The quantitative estimate of drug-likeness (QED) is 0.599. The van der Waals surface area contributed by atoms with Gasteiger partial charge in [0, 0.05) is 30.4 Å². The molecule has 0 bridgehead atoms. The largest absolute Gasteiger partial charge is 0.454 e. The molecule has 2 aromatic carbocycles. The first-order valence-electron chi connectivity index (χ1n) is 10.3. The Morgan fingerprint density at radius 3 is 2.72 bits per heavy atom. The van der Waals surface area contributed by atoms with Crippen LogP contribution in [0.25, 0.3) is 0 Å². The Kier molecular flexibility index (Phi) is 6.43. The maximum absolute atomic E-state index is 13.1. The highest BCUT2D eigenvalue weighted by Crippen LogP contribution is 2.38. The third-order valence-corrected chi connectivity index (χ3v) is 7.64. The highest BCUT2D eigenvalue weighted by molar-refractivity contribution is 9.10. The van der Waals surface area contributed by atoms with Gasteiger partial charge in [0.2, 0.25) is 18.6 Å². The minimum atomic E-state index is -3.79. The summed E-state index contributed by atoms with van der Waals surface area (Å²) in [5, 5.41) is 2.74. The Labute approximate surface area is 194 Å². The van der Waals surface area contributed by atoms with E-state index in [9.17, 15) is 18.0 Å². The third kappa shape index (κ3) is 4.61. The van der Waals surface area contributed by atoms with Gasteiger partial charge in [0.25, 0.3) is 0 Å². The summed E-state index contributed by atoms with van der Waals surface area (Å²) < 4.78 is 37.5. The number of benzene rings is 2. The molecule has 32 heavy (non-hydrogen) atoms. The molecule has 10 heteroatoms. The molecule has 2 heterocycles. The second-order valence-corrected chi connectivity index (χ2v) is 10.6. The summed E-state index contributed by atoms with van der Waals surface area (Å²) in [6, 6.07) is 8.72. The predicted molar refractivity (Wildman–Crippen MR) is 122 cm³/mol. The van der Waals surface area contributed by atoms with Crippen molar-refractivity contribution in [2.45, 2.75) is 37.6 Å². The topological polar surface area (TPSA) is 102 Å². The maximum Gasteiger partial charge on any atom is 0.231 e. The molecule has 170 valence electrons. The van der Waals surface area contributed by atoms with Gasteiger partial charge in [0.05, 0.1) is 16.3 Å². The number of rotatable bonds is 7. The van der Waals surface area contributed by atoms with Crippen LogP contribution in [0.2, 0.25) is 0 Å². The van der Waals surface area contributed by atoms with Crippen LogP contribution in [0, 0.1) is 0 Å². The number of fused-ring (bicyclic) bond motifs is 2. The number of anilines is 1. The number of nitrogens with zero attached hydrogens (tertiary/aromatic N) is 1. The molecule has 8 nitrogen and oxygen atoms in total. The molecule has 2 aliphatic heterocycles. The molecular weight excluding hydrogens is 500 g/mol. The summed E-state index contributed by atoms with van der Waals surface area (Å²) in [6.07, 6.45) is 0.701. The van der Waals surface area contributed by atoms with E-state index in [1.165, 1.54) is 11.0 Å². The molecule has 2 aromatic rings. The molecule has 2 amide bonds. The van der Waals surface area contributed by atoms with Crippen LogP contribution in [0.5, 0.6) is 11.5 Å². The molecule has 0 saturated carbocycles. The van der Waals surface area contributed by atoms with E-state index in [0.29, 0.717) is 34.6 Å². The zero-order chi connectivity index (χ0) is 22.9. The van der Waals surface area contributed by atoms with E-state index in [2.05, 4.69) is 21.2 Å². The second-order valence-electron chi connectivity index (χ2n) is 7.59. The van der Waals surface area contributed by atoms with Crippen molar-refractivity contribution in [2.24, 2.45) is 0 Å². The molecule has 0 fully saturated rings. The third-order valence-electron chi connectivity index (χ3n) is 5.46. The molecule has 2 aliphatic rings. The lowest BCUT2D eigenvalue weighted by Crippen LogP contribution is -2.30. The number of hydrogen-bond acceptors (Lipinski definition) is 6. The van der Waals surface area contributed by atoms with Crippen molar-refractivity contribution in [3.63, 3.8) is 0 Å². The molecular formula is C22H23BrN2O6S. The Hall–Kier alpha value is -2.59. The smallest absolute Gasteiger partial charge is 0.231 e. The number of ether oxygens (including phenoxy) is 2. The SMILES string of the molecule is CCC(=O)N1CCc2cc(Br)cc(S(=O)(=O)CCC(=O)NCc3ccc4c(c3)OCO4)c21. The van der Waals surface area contributed by atoms with Gasteiger partial charge >= 0.3 is 0 Å². The summed E-state index contributed by atoms with van der Waals surface area (Å²) in [5.41, 5.74) is 2.08. The number of nitrogens with one attached hydrogen (secondary N) is 1. The normalized spacial score (nSPS) is 14.4. The number of sulfone groups is 1. The van der Waals surface area contributed by atoms with Crippen LogP contribution in [-0.4, -0.2) is 39.3 Å². The fraction of sp³-hybridized carbons (Fsp3) is 0.364. The van der Waals surface area contributed by atoms with Crippen LogP contribution in [-0.2, 0) is 32.4 Å². The van der Waals surface area contributed by atoms with Gasteiger partial charge in [-0.1, -0.05) is 28.9 Å². The lowest BCUT2D eigenvalue weighted by molar-refractivity contribution is -0.121. The second kappa shape index (κ2) is 9.11. The number of halogens is 1. The molecule has 1 N–H and O–H groups in total. The molecule has 0 radical (unpaired) electrons. The first-order valence-corrected chi connectivity index (χ1v) is 12.7. The lowest BCUT2D eigenvalue weighted by Gasteiger charge is -2.20. The average Bonchev–Trinajstić information content (AvgIpc) is 3.41. The van der Waals surface area contributed by atoms with Crippen LogP contribution in [0.15, 0.2) is 39.7 Å². The van der Waals surface area contributed by atoms with Crippen molar-refractivity contribution >= 4 is 43.3 Å². The van der Waals surface area contributed by atoms with Crippen molar-refractivity contribution in [1.29, 1.82) is 0 Å². The number of amides is 2. The molecule has 0 saturated heterocycles. The summed E-state index contributed by atoms with van der Waals surface area (Å²) in [7, 11) is -3.79. The van der Waals surface area contributed by atoms with E-state index >= 15 is 0 Å². The Morgan fingerprint density at radius 2 is 1.94 bits per heavy atom. The van der Waals surface area contributed by atoms with Gasteiger partial charge in [-0.15, -0.1) is 0 Å². The summed E-state index contributed by atoms with van der Waals surface area (Å²) >= 11 is 3.37. The van der Waals surface area contributed by atoms with Gasteiger partial charge in [-0.3, -0.25) is 9.59 Å². The van der Waals surface area contributed by atoms with Crippen LogP contribution in [0.1, 0.15) is 30.9 Å². The van der Waals surface area contributed by atoms with Crippen LogP contribution < -0.4 is 19.7 Å². The van der Waals surface area contributed by atoms with Crippen molar-refractivity contribution in [1.82, 2.24) is 5.32 Å². The Morgan fingerprint density at radius 1 is 1.16 bits per heavy atom. The van der Waals surface area contributed by atoms with E-state index in [-0.39, 0.29) is 48.6 Å². The van der Waals surface area contributed by atoms with Gasteiger partial charge in [0.15, 0.2) is 21.3 Å². The average molecular weight is 523 g/mol. The standard InChI is InChI=1S/C22H23BrN2O6S/c1-2-21(27)25-7-5-15-10-16(23)11-19(22(15)25)32(28,29)8-6-20(26)24-12-14-3-4-17-18(9-14)31-13-30-17/h3-4,9-11H,2,5-8,12-13H2,1H3,(H,24,26). The first kappa shape index (κ1) is 22.6. The summed E-state index contributed by atoms with van der Waals surface area (Å²) in [4.78, 5) is 26.3. The molecule has 0 spiro atoms. The minimum Gasteiger partial charge on any atom is -0.454 e. The van der Waals surface area contributed by atoms with Crippen molar-refractivity contribution in [3.8, 4) is 11.5 Å². The first-order chi connectivity index (χ1) is 15.3. The maximum atomic E-state index is 13.1. The predicted octanol–water partition coefficient (Wildman–Crippen LogP) is 2.96. The molecule has 0 unspecified atom stereocenters. The number of carbonyl (C=O) groups is 2. The molecule has 0 aliphatic carbocycles. The van der Waals surface area contributed by atoms with Gasteiger partial charge in [-0.05, 0) is 41.8 Å². The van der Waals surface area contributed by atoms with E-state index in [4.69, 9.17) is 9.47 Å². The van der Waals surface area contributed by atoms with Crippen LogP contribution >= 0.6 is 15.9 Å². The van der Waals surface area contributed by atoms with Crippen molar-refractivity contribution < 1.29 is 27.5 Å². The zero-order valence-corrected chi connectivity index (χ0v) is 19.9. The Bertz CT molecular complexity index is 1180. The zero-order valence-electron chi connectivity index (χ0n) is 17.5. The molecule has 0 atom stereocenters. The van der Waals surface area contributed by atoms with E-state index in [1.807, 2.05) is 12.1 Å². The van der Waals surface area contributed by atoms with E-state index in [0.717, 1.165) is 11.1 Å². The van der Waals surface area contributed by atoms with Crippen LogP contribution in [0.4, 0.5) is 5.69 Å². The van der Waals surface area contributed by atoms with E-state index < -0.39 is 9.84 Å². The molecule has 4 rings (SSSR count). The minimum absolute atomic E-state index is 0.0877. The van der Waals surface area contributed by atoms with Crippen LogP contribution in [0.3, 0.4) is 0 Å².